The average molecular weight is 246 g/mol. The third-order valence-electron chi connectivity index (χ3n) is 3.27. The van der Waals surface area contributed by atoms with Crippen LogP contribution in [0.5, 0.6) is 0 Å². The standard InChI is InChI=1S/C16H26N2/c1-16(2,3)12-18(4)15-8-6-5-7-13(15)11-17-14-9-10-14/h5-8,14,17H,9-12H2,1-4H3. The highest BCUT2D eigenvalue weighted by Crippen LogP contribution is 2.25. The smallest absolute Gasteiger partial charge is 0.0409 e. The van der Waals surface area contributed by atoms with E-state index in [1.165, 1.54) is 24.1 Å². The number of para-hydroxylation sites is 1. The molecule has 0 spiro atoms. The van der Waals surface area contributed by atoms with Crippen LogP contribution >= 0.6 is 0 Å². The molecule has 0 aliphatic heterocycles. The second-order valence-electron chi connectivity index (χ2n) is 6.70. The topological polar surface area (TPSA) is 15.3 Å². The van der Waals surface area contributed by atoms with Crippen LogP contribution in [0, 0.1) is 5.41 Å². The first-order valence-electron chi connectivity index (χ1n) is 6.98. The summed E-state index contributed by atoms with van der Waals surface area (Å²) in [5, 5.41) is 3.60. The molecular weight excluding hydrogens is 220 g/mol. The first-order chi connectivity index (χ1) is 8.46. The Kier molecular flexibility index (Phi) is 3.96. The Morgan fingerprint density at radius 1 is 1.22 bits per heavy atom. The maximum atomic E-state index is 3.60. The van der Waals surface area contributed by atoms with E-state index in [1.54, 1.807) is 0 Å². The van der Waals surface area contributed by atoms with Gasteiger partial charge in [0.15, 0.2) is 0 Å². The first-order valence-corrected chi connectivity index (χ1v) is 6.98. The van der Waals surface area contributed by atoms with Crippen molar-refractivity contribution in [3.05, 3.63) is 29.8 Å². The van der Waals surface area contributed by atoms with Gasteiger partial charge in [0.25, 0.3) is 0 Å². The zero-order valence-corrected chi connectivity index (χ0v) is 12.2. The molecule has 1 N–H and O–H groups in total. The Hall–Kier alpha value is -1.02. The number of anilines is 1. The SMILES string of the molecule is CN(CC(C)(C)C)c1ccccc1CNC1CC1. The summed E-state index contributed by atoms with van der Waals surface area (Å²) in [4.78, 5) is 2.38. The fourth-order valence-electron chi connectivity index (χ4n) is 2.37. The fourth-order valence-corrected chi connectivity index (χ4v) is 2.37. The van der Waals surface area contributed by atoms with Crippen molar-refractivity contribution < 1.29 is 0 Å². The van der Waals surface area contributed by atoms with Crippen LogP contribution in [-0.2, 0) is 6.54 Å². The molecule has 2 rings (SSSR count). The highest BCUT2D eigenvalue weighted by Gasteiger charge is 2.21. The van der Waals surface area contributed by atoms with Gasteiger partial charge in [-0.25, -0.2) is 0 Å². The molecule has 0 amide bonds. The highest BCUT2D eigenvalue weighted by molar-refractivity contribution is 5.53. The molecule has 0 unspecified atom stereocenters. The van der Waals surface area contributed by atoms with Crippen LogP contribution in [0.15, 0.2) is 24.3 Å². The van der Waals surface area contributed by atoms with E-state index >= 15 is 0 Å². The normalized spacial score (nSPS) is 15.8. The van der Waals surface area contributed by atoms with Crippen LogP contribution in [-0.4, -0.2) is 19.6 Å². The van der Waals surface area contributed by atoms with Crippen molar-refractivity contribution in [3.63, 3.8) is 0 Å². The van der Waals surface area contributed by atoms with E-state index in [4.69, 9.17) is 0 Å². The van der Waals surface area contributed by atoms with Crippen molar-refractivity contribution in [2.45, 2.75) is 46.2 Å². The fraction of sp³-hybridized carbons (Fsp3) is 0.625. The van der Waals surface area contributed by atoms with E-state index in [-0.39, 0.29) is 0 Å². The van der Waals surface area contributed by atoms with Crippen LogP contribution in [0.2, 0.25) is 0 Å². The maximum Gasteiger partial charge on any atom is 0.0409 e. The van der Waals surface area contributed by atoms with Gasteiger partial charge in [0, 0.05) is 31.9 Å². The minimum absolute atomic E-state index is 0.325. The van der Waals surface area contributed by atoms with E-state index in [0.29, 0.717) is 5.41 Å². The molecule has 0 aromatic heterocycles. The average Bonchev–Trinajstić information content (AvgIpc) is 3.08. The Morgan fingerprint density at radius 2 is 1.89 bits per heavy atom. The molecule has 1 aromatic rings. The first kappa shape index (κ1) is 13.4. The van der Waals surface area contributed by atoms with Crippen LogP contribution in [0.4, 0.5) is 5.69 Å². The van der Waals surface area contributed by atoms with Gasteiger partial charge in [0.1, 0.15) is 0 Å². The summed E-state index contributed by atoms with van der Waals surface area (Å²) in [5.41, 5.74) is 3.10. The van der Waals surface area contributed by atoms with Crippen LogP contribution in [0.3, 0.4) is 0 Å². The van der Waals surface area contributed by atoms with Crippen LogP contribution in [0.1, 0.15) is 39.2 Å². The Balaban J connectivity index is 2.05. The molecule has 18 heavy (non-hydrogen) atoms. The number of hydrogen-bond acceptors (Lipinski definition) is 2. The zero-order valence-electron chi connectivity index (χ0n) is 12.2. The Labute approximate surface area is 111 Å². The molecule has 1 aliphatic carbocycles. The molecule has 0 atom stereocenters. The summed E-state index contributed by atoms with van der Waals surface area (Å²) in [5.74, 6) is 0. The lowest BCUT2D eigenvalue weighted by Crippen LogP contribution is -2.30. The lowest BCUT2D eigenvalue weighted by atomic mass is 9.95. The van der Waals surface area contributed by atoms with E-state index < -0.39 is 0 Å². The molecular formula is C16H26N2. The van der Waals surface area contributed by atoms with Crippen LogP contribution < -0.4 is 10.2 Å². The van der Waals surface area contributed by atoms with Crippen LogP contribution in [0.25, 0.3) is 0 Å². The van der Waals surface area contributed by atoms with Crippen molar-refractivity contribution in [1.82, 2.24) is 5.32 Å². The van der Waals surface area contributed by atoms with Crippen molar-refractivity contribution in [2.75, 3.05) is 18.5 Å². The molecule has 0 saturated heterocycles. The molecule has 1 fully saturated rings. The van der Waals surface area contributed by atoms with Gasteiger partial charge in [-0.3, -0.25) is 0 Å². The number of benzene rings is 1. The predicted octanol–water partition coefficient (Wildman–Crippen LogP) is 3.42. The Morgan fingerprint density at radius 3 is 2.50 bits per heavy atom. The number of hydrogen-bond donors (Lipinski definition) is 1. The van der Waals surface area contributed by atoms with E-state index in [2.05, 4.69) is 62.3 Å². The van der Waals surface area contributed by atoms with Gasteiger partial charge in [0.2, 0.25) is 0 Å². The summed E-state index contributed by atoms with van der Waals surface area (Å²) < 4.78 is 0. The zero-order chi connectivity index (χ0) is 13.2. The lowest BCUT2D eigenvalue weighted by Gasteiger charge is -2.30. The number of nitrogens with zero attached hydrogens (tertiary/aromatic N) is 1. The second kappa shape index (κ2) is 5.31. The van der Waals surface area contributed by atoms with E-state index in [1.807, 2.05) is 0 Å². The molecule has 1 aliphatic rings. The Bertz CT molecular complexity index is 388. The summed E-state index contributed by atoms with van der Waals surface area (Å²) >= 11 is 0. The summed E-state index contributed by atoms with van der Waals surface area (Å²) in [6.45, 7) is 8.93. The van der Waals surface area contributed by atoms with Crippen molar-refractivity contribution in [3.8, 4) is 0 Å². The van der Waals surface area contributed by atoms with Crippen molar-refractivity contribution >= 4 is 5.69 Å². The molecule has 2 nitrogen and oxygen atoms in total. The molecule has 100 valence electrons. The highest BCUT2D eigenvalue weighted by atomic mass is 15.1. The molecule has 1 saturated carbocycles. The molecule has 0 bridgehead atoms. The quantitative estimate of drug-likeness (QED) is 0.856. The monoisotopic (exact) mass is 246 g/mol. The minimum atomic E-state index is 0.325. The van der Waals surface area contributed by atoms with Gasteiger partial charge < -0.3 is 10.2 Å². The largest absolute Gasteiger partial charge is 0.374 e. The van der Waals surface area contributed by atoms with Gasteiger partial charge in [0.05, 0.1) is 0 Å². The molecule has 1 aromatic carbocycles. The lowest BCUT2D eigenvalue weighted by molar-refractivity contribution is 0.418. The van der Waals surface area contributed by atoms with Gasteiger partial charge in [-0.1, -0.05) is 39.0 Å². The van der Waals surface area contributed by atoms with Gasteiger partial charge >= 0.3 is 0 Å². The van der Waals surface area contributed by atoms with Gasteiger partial charge in [-0.15, -0.1) is 0 Å². The van der Waals surface area contributed by atoms with E-state index in [9.17, 15) is 0 Å². The minimum Gasteiger partial charge on any atom is -0.374 e. The van der Waals surface area contributed by atoms with Crippen molar-refractivity contribution in [2.24, 2.45) is 5.41 Å². The molecule has 0 radical (unpaired) electrons. The van der Waals surface area contributed by atoms with E-state index in [0.717, 1.165) is 19.1 Å². The second-order valence-corrected chi connectivity index (χ2v) is 6.70. The molecule has 0 heterocycles. The third-order valence-corrected chi connectivity index (χ3v) is 3.27. The van der Waals surface area contributed by atoms with Crippen molar-refractivity contribution in [1.29, 1.82) is 0 Å². The molecule has 2 heteroatoms. The predicted molar refractivity (Wildman–Crippen MR) is 79.0 cm³/mol. The summed E-state index contributed by atoms with van der Waals surface area (Å²) in [6, 6.07) is 9.51. The van der Waals surface area contributed by atoms with Gasteiger partial charge in [-0.05, 0) is 29.9 Å². The summed E-state index contributed by atoms with van der Waals surface area (Å²) in [7, 11) is 2.20. The maximum absolute atomic E-state index is 3.60. The number of rotatable bonds is 5. The van der Waals surface area contributed by atoms with Gasteiger partial charge in [-0.2, -0.15) is 0 Å². The number of nitrogens with one attached hydrogen (secondary N) is 1. The summed E-state index contributed by atoms with van der Waals surface area (Å²) in [6.07, 6.45) is 2.69. The third kappa shape index (κ3) is 4.02.